The van der Waals surface area contributed by atoms with Gasteiger partial charge in [0.25, 0.3) is 0 Å². The molecule has 0 unspecified atom stereocenters. The lowest BCUT2D eigenvalue weighted by molar-refractivity contribution is 0.369. The third kappa shape index (κ3) is 2.38. The molecule has 1 rings (SSSR count). The molecule has 1 heteroatoms. The standard InChI is InChI=1S/C13H18O/c1-5-6-13(14-4)12-8-7-10(2)11(3)9-12/h6-9H,5H2,1-4H3/b13-6-. The molecule has 0 saturated carbocycles. The predicted octanol–water partition coefficient (Wildman–Crippen LogP) is 3.70. The van der Waals surface area contributed by atoms with Gasteiger partial charge in [0.05, 0.1) is 7.11 Å². The van der Waals surface area contributed by atoms with E-state index in [1.165, 1.54) is 11.1 Å². The first-order valence-corrected chi connectivity index (χ1v) is 5.00. The van der Waals surface area contributed by atoms with Gasteiger partial charge in [0.15, 0.2) is 0 Å². The maximum Gasteiger partial charge on any atom is 0.122 e. The lowest BCUT2D eigenvalue weighted by Crippen LogP contribution is -1.90. The Morgan fingerprint density at radius 1 is 1.29 bits per heavy atom. The molecule has 76 valence electrons. The second-order valence-corrected chi connectivity index (χ2v) is 3.48. The Balaban J connectivity index is 3.06. The van der Waals surface area contributed by atoms with Gasteiger partial charge < -0.3 is 4.74 Å². The monoisotopic (exact) mass is 190 g/mol. The summed E-state index contributed by atoms with van der Waals surface area (Å²) in [6.45, 7) is 6.35. The van der Waals surface area contributed by atoms with E-state index in [1.807, 2.05) is 0 Å². The summed E-state index contributed by atoms with van der Waals surface area (Å²) in [6.07, 6.45) is 3.10. The summed E-state index contributed by atoms with van der Waals surface area (Å²) in [7, 11) is 1.72. The van der Waals surface area contributed by atoms with Gasteiger partial charge in [-0.25, -0.2) is 0 Å². The molecule has 1 nitrogen and oxygen atoms in total. The number of hydrogen-bond acceptors (Lipinski definition) is 1. The Kier molecular flexibility index (Phi) is 3.75. The van der Waals surface area contributed by atoms with E-state index in [-0.39, 0.29) is 0 Å². The largest absolute Gasteiger partial charge is 0.496 e. The zero-order chi connectivity index (χ0) is 10.6. The molecular formula is C13H18O. The van der Waals surface area contributed by atoms with E-state index >= 15 is 0 Å². The van der Waals surface area contributed by atoms with Crippen molar-refractivity contribution >= 4 is 5.76 Å². The normalized spacial score (nSPS) is 11.6. The van der Waals surface area contributed by atoms with E-state index in [2.05, 4.69) is 45.0 Å². The van der Waals surface area contributed by atoms with Crippen LogP contribution in [-0.2, 0) is 4.74 Å². The molecule has 0 bridgehead atoms. The van der Waals surface area contributed by atoms with Crippen molar-refractivity contribution in [1.29, 1.82) is 0 Å². The Hall–Kier alpha value is -1.24. The Labute approximate surface area is 86.4 Å². The molecule has 1 aromatic rings. The zero-order valence-corrected chi connectivity index (χ0v) is 9.42. The highest BCUT2D eigenvalue weighted by Crippen LogP contribution is 2.19. The SMILES string of the molecule is CC/C=C(\OC)c1ccc(C)c(C)c1. The average Bonchev–Trinajstić information content (AvgIpc) is 2.19. The fourth-order valence-corrected chi connectivity index (χ4v) is 1.40. The topological polar surface area (TPSA) is 9.23 Å². The summed E-state index contributed by atoms with van der Waals surface area (Å²) in [5, 5.41) is 0. The van der Waals surface area contributed by atoms with E-state index in [0.717, 1.165) is 17.7 Å². The number of rotatable bonds is 3. The molecule has 0 heterocycles. The van der Waals surface area contributed by atoms with Crippen LogP contribution >= 0.6 is 0 Å². The van der Waals surface area contributed by atoms with Gasteiger partial charge in [-0.15, -0.1) is 0 Å². The second-order valence-electron chi connectivity index (χ2n) is 3.48. The molecule has 0 aliphatic heterocycles. The molecule has 0 amide bonds. The molecule has 0 saturated heterocycles. The van der Waals surface area contributed by atoms with Gasteiger partial charge in [-0.2, -0.15) is 0 Å². The van der Waals surface area contributed by atoms with Gasteiger partial charge in [-0.1, -0.05) is 19.1 Å². The van der Waals surface area contributed by atoms with Crippen LogP contribution in [0.2, 0.25) is 0 Å². The van der Waals surface area contributed by atoms with Crippen molar-refractivity contribution in [1.82, 2.24) is 0 Å². The molecule has 0 N–H and O–H groups in total. The fourth-order valence-electron chi connectivity index (χ4n) is 1.40. The smallest absolute Gasteiger partial charge is 0.122 e. The van der Waals surface area contributed by atoms with E-state index < -0.39 is 0 Å². The van der Waals surface area contributed by atoms with Crippen LogP contribution in [0.1, 0.15) is 30.0 Å². The van der Waals surface area contributed by atoms with Crippen LogP contribution in [0.4, 0.5) is 0 Å². The summed E-state index contributed by atoms with van der Waals surface area (Å²) >= 11 is 0. The summed E-state index contributed by atoms with van der Waals surface area (Å²) < 4.78 is 5.33. The van der Waals surface area contributed by atoms with Crippen molar-refractivity contribution in [3.63, 3.8) is 0 Å². The van der Waals surface area contributed by atoms with Crippen molar-refractivity contribution < 1.29 is 4.74 Å². The van der Waals surface area contributed by atoms with Crippen LogP contribution in [0.3, 0.4) is 0 Å². The minimum atomic E-state index is 0.968. The number of allylic oxidation sites excluding steroid dienone is 1. The molecule has 14 heavy (non-hydrogen) atoms. The fraction of sp³-hybridized carbons (Fsp3) is 0.385. The van der Waals surface area contributed by atoms with Crippen molar-refractivity contribution in [3.8, 4) is 0 Å². The molecule has 0 atom stereocenters. The van der Waals surface area contributed by atoms with Crippen molar-refractivity contribution in [2.75, 3.05) is 7.11 Å². The van der Waals surface area contributed by atoms with E-state index in [0.29, 0.717) is 0 Å². The summed E-state index contributed by atoms with van der Waals surface area (Å²) in [5.74, 6) is 0.968. The van der Waals surface area contributed by atoms with Crippen molar-refractivity contribution in [2.45, 2.75) is 27.2 Å². The molecule has 0 radical (unpaired) electrons. The second kappa shape index (κ2) is 4.85. The number of methoxy groups -OCH3 is 1. The maximum atomic E-state index is 5.33. The quantitative estimate of drug-likeness (QED) is 0.660. The van der Waals surface area contributed by atoms with Gasteiger partial charge in [0.1, 0.15) is 5.76 Å². The zero-order valence-electron chi connectivity index (χ0n) is 9.42. The minimum absolute atomic E-state index is 0.968. The lowest BCUT2D eigenvalue weighted by Gasteiger charge is -2.08. The first kappa shape index (κ1) is 10.8. The molecule has 0 spiro atoms. The Morgan fingerprint density at radius 3 is 2.50 bits per heavy atom. The van der Waals surface area contributed by atoms with Crippen LogP contribution in [-0.4, -0.2) is 7.11 Å². The van der Waals surface area contributed by atoms with Gasteiger partial charge in [0.2, 0.25) is 0 Å². The molecular weight excluding hydrogens is 172 g/mol. The van der Waals surface area contributed by atoms with E-state index in [4.69, 9.17) is 4.74 Å². The van der Waals surface area contributed by atoms with Gasteiger partial charge >= 0.3 is 0 Å². The van der Waals surface area contributed by atoms with Crippen LogP contribution in [0.15, 0.2) is 24.3 Å². The number of benzene rings is 1. The van der Waals surface area contributed by atoms with Gasteiger partial charge in [-0.05, 0) is 43.5 Å². The summed E-state index contributed by atoms with van der Waals surface area (Å²) in [6, 6.07) is 6.40. The maximum absolute atomic E-state index is 5.33. The predicted molar refractivity (Wildman–Crippen MR) is 61.2 cm³/mol. The summed E-state index contributed by atoms with van der Waals surface area (Å²) in [5.41, 5.74) is 3.79. The molecule has 0 aliphatic rings. The summed E-state index contributed by atoms with van der Waals surface area (Å²) in [4.78, 5) is 0. The van der Waals surface area contributed by atoms with Gasteiger partial charge in [-0.3, -0.25) is 0 Å². The van der Waals surface area contributed by atoms with E-state index in [1.54, 1.807) is 7.11 Å². The van der Waals surface area contributed by atoms with Crippen LogP contribution in [0, 0.1) is 13.8 Å². The van der Waals surface area contributed by atoms with Crippen molar-refractivity contribution in [3.05, 3.63) is 41.0 Å². The Bertz CT molecular complexity index is 337. The number of hydrogen-bond donors (Lipinski definition) is 0. The number of ether oxygens (including phenoxy) is 1. The highest BCUT2D eigenvalue weighted by atomic mass is 16.5. The van der Waals surface area contributed by atoms with Crippen LogP contribution in [0.25, 0.3) is 5.76 Å². The van der Waals surface area contributed by atoms with Gasteiger partial charge in [0, 0.05) is 5.56 Å². The Morgan fingerprint density at radius 2 is 2.00 bits per heavy atom. The lowest BCUT2D eigenvalue weighted by atomic mass is 10.0. The van der Waals surface area contributed by atoms with E-state index in [9.17, 15) is 0 Å². The highest BCUT2D eigenvalue weighted by Gasteiger charge is 2.01. The first-order chi connectivity index (χ1) is 6.69. The molecule has 0 fully saturated rings. The molecule has 1 aromatic carbocycles. The molecule has 0 aliphatic carbocycles. The number of aryl methyl sites for hydroxylation is 2. The molecule has 0 aromatic heterocycles. The third-order valence-electron chi connectivity index (χ3n) is 2.40. The average molecular weight is 190 g/mol. The highest BCUT2D eigenvalue weighted by molar-refractivity contribution is 5.60. The van der Waals surface area contributed by atoms with Crippen LogP contribution < -0.4 is 0 Å². The third-order valence-corrected chi connectivity index (χ3v) is 2.40. The first-order valence-electron chi connectivity index (χ1n) is 5.00. The minimum Gasteiger partial charge on any atom is -0.496 e. The van der Waals surface area contributed by atoms with Crippen molar-refractivity contribution in [2.24, 2.45) is 0 Å². The van der Waals surface area contributed by atoms with Crippen LogP contribution in [0.5, 0.6) is 0 Å².